The van der Waals surface area contributed by atoms with E-state index in [4.69, 9.17) is 11.6 Å². The molecular weight excluding hydrogens is 315 g/mol. The maximum Gasteiger partial charge on any atom is 0.143 e. The molecule has 60 valence electrons. The molecule has 0 spiro atoms. The van der Waals surface area contributed by atoms with Gasteiger partial charge in [-0.15, -0.1) is 22.9 Å². The Labute approximate surface area is 90.0 Å². The molecule has 0 aromatic carbocycles. The summed E-state index contributed by atoms with van der Waals surface area (Å²) < 4.78 is 1.89. The first-order valence-corrected chi connectivity index (χ1v) is 5.53. The second-order valence-electron chi connectivity index (χ2n) is 1.81. The van der Waals surface area contributed by atoms with E-state index in [1.54, 1.807) is 0 Å². The Kier molecular flexibility index (Phi) is 3.55. The number of thiophene rings is 1. The summed E-state index contributed by atoms with van der Waals surface area (Å²) in [4.78, 5) is 11.1. The first kappa shape index (κ1) is 9.71. The predicted octanol–water partition coefficient (Wildman–Crippen LogP) is 3.75. The molecular formula is C6H3Br2ClOS. The Morgan fingerprint density at radius 1 is 1.64 bits per heavy atom. The quantitative estimate of drug-likeness (QED) is 0.599. The lowest BCUT2D eigenvalue weighted by Crippen LogP contribution is -1.84. The first-order chi connectivity index (χ1) is 5.15. The van der Waals surface area contributed by atoms with E-state index in [2.05, 4.69) is 31.9 Å². The van der Waals surface area contributed by atoms with Gasteiger partial charge in [0.2, 0.25) is 0 Å². The van der Waals surface area contributed by atoms with Crippen molar-refractivity contribution in [3.63, 3.8) is 0 Å². The summed E-state index contributed by atoms with van der Waals surface area (Å²) in [7, 11) is 0. The van der Waals surface area contributed by atoms with Crippen LogP contribution in [0.25, 0.3) is 0 Å². The van der Waals surface area contributed by atoms with Gasteiger partial charge in [0.15, 0.2) is 0 Å². The molecule has 1 aromatic heterocycles. The van der Waals surface area contributed by atoms with Crippen molar-refractivity contribution >= 4 is 61.1 Å². The molecule has 1 nitrogen and oxygen atoms in total. The minimum absolute atomic E-state index is 0.525. The van der Waals surface area contributed by atoms with Crippen LogP contribution in [0.3, 0.4) is 0 Å². The number of carbonyl (C=O) groups excluding carboxylic acids is 1. The zero-order valence-corrected chi connectivity index (χ0v) is 9.93. The van der Waals surface area contributed by atoms with Crippen molar-refractivity contribution in [3.8, 4) is 0 Å². The molecule has 5 heteroatoms. The molecule has 1 unspecified atom stereocenters. The van der Waals surface area contributed by atoms with Crippen molar-refractivity contribution in [1.82, 2.24) is 0 Å². The van der Waals surface area contributed by atoms with Gasteiger partial charge in [0.25, 0.3) is 0 Å². The minimum Gasteiger partial charge on any atom is -0.301 e. The highest BCUT2D eigenvalue weighted by atomic mass is 79.9. The molecule has 0 amide bonds. The molecule has 1 heterocycles. The van der Waals surface area contributed by atoms with Crippen LogP contribution in [0.4, 0.5) is 0 Å². The van der Waals surface area contributed by atoms with Crippen LogP contribution in [0, 0.1) is 0 Å². The normalized spacial score (nSPS) is 13.0. The predicted molar refractivity (Wildman–Crippen MR) is 54.4 cm³/mol. The summed E-state index contributed by atoms with van der Waals surface area (Å²) in [6, 6.07) is 1.83. The van der Waals surface area contributed by atoms with Crippen LogP contribution in [0.15, 0.2) is 14.3 Å². The van der Waals surface area contributed by atoms with Gasteiger partial charge >= 0.3 is 0 Å². The van der Waals surface area contributed by atoms with E-state index < -0.39 is 5.38 Å². The Balaban J connectivity index is 2.96. The molecule has 0 aliphatic heterocycles. The molecule has 1 aromatic rings. The third kappa shape index (κ3) is 2.28. The summed E-state index contributed by atoms with van der Waals surface area (Å²) in [5, 5.41) is -0.525. The van der Waals surface area contributed by atoms with Crippen molar-refractivity contribution in [3.05, 3.63) is 19.2 Å². The number of hydrogen-bond donors (Lipinski definition) is 0. The molecule has 1 rings (SSSR count). The monoisotopic (exact) mass is 316 g/mol. The first-order valence-electron chi connectivity index (χ1n) is 2.69. The average Bonchev–Trinajstić information content (AvgIpc) is 2.31. The van der Waals surface area contributed by atoms with Crippen LogP contribution < -0.4 is 0 Å². The number of alkyl halides is 1. The van der Waals surface area contributed by atoms with Gasteiger partial charge in [-0.1, -0.05) is 0 Å². The highest BCUT2D eigenvalue weighted by Crippen LogP contribution is 2.36. The zero-order chi connectivity index (χ0) is 8.43. The van der Waals surface area contributed by atoms with E-state index in [0.29, 0.717) is 6.29 Å². The number of rotatable bonds is 2. The fourth-order valence-electron chi connectivity index (χ4n) is 0.566. The summed E-state index contributed by atoms with van der Waals surface area (Å²) >= 11 is 13.7. The summed E-state index contributed by atoms with van der Waals surface area (Å²) in [6.45, 7) is 0. The Morgan fingerprint density at radius 3 is 2.64 bits per heavy atom. The van der Waals surface area contributed by atoms with E-state index in [0.717, 1.165) is 13.1 Å². The standard InChI is InChI=1S/C6H3Br2ClOS/c7-3-1-5(4(9)2-10)11-6(3)8/h1-2,4H. The molecule has 0 saturated heterocycles. The van der Waals surface area contributed by atoms with Crippen LogP contribution >= 0.6 is 54.8 Å². The van der Waals surface area contributed by atoms with Crippen molar-refractivity contribution in [1.29, 1.82) is 0 Å². The van der Waals surface area contributed by atoms with E-state index in [-0.39, 0.29) is 0 Å². The second kappa shape index (κ2) is 4.03. The smallest absolute Gasteiger partial charge is 0.143 e. The van der Waals surface area contributed by atoms with Crippen LogP contribution in [-0.4, -0.2) is 6.29 Å². The van der Waals surface area contributed by atoms with Gasteiger partial charge in [-0.05, 0) is 37.9 Å². The lowest BCUT2D eigenvalue weighted by Gasteiger charge is -1.92. The maximum absolute atomic E-state index is 10.3. The molecule has 11 heavy (non-hydrogen) atoms. The number of halogens is 3. The summed E-state index contributed by atoms with van der Waals surface area (Å²) in [5.41, 5.74) is 0. The Bertz CT molecular complexity index is 254. The fraction of sp³-hybridized carbons (Fsp3) is 0.167. The Morgan fingerprint density at radius 2 is 2.27 bits per heavy atom. The molecule has 0 aliphatic rings. The highest BCUT2D eigenvalue weighted by Gasteiger charge is 2.11. The largest absolute Gasteiger partial charge is 0.301 e. The molecule has 0 N–H and O–H groups in total. The number of carbonyl (C=O) groups is 1. The Hall–Kier alpha value is 0.620. The van der Waals surface area contributed by atoms with Crippen molar-refractivity contribution < 1.29 is 4.79 Å². The van der Waals surface area contributed by atoms with Crippen LogP contribution in [0.1, 0.15) is 10.3 Å². The van der Waals surface area contributed by atoms with Crippen LogP contribution in [0.5, 0.6) is 0 Å². The minimum atomic E-state index is -0.525. The molecule has 0 fully saturated rings. The SMILES string of the molecule is O=CC(Cl)c1cc(Br)c(Br)s1. The van der Waals surface area contributed by atoms with Gasteiger partial charge < -0.3 is 4.79 Å². The van der Waals surface area contributed by atoms with E-state index in [1.165, 1.54) is 11.3 Å². The topological polar surface area (TPSA) is 17.1 Å². The zero-order valence-electron chi connectivity index (χ0n) is 5.18. The van der Waals surface area contributed by atoms with Gasteiger partial charge in [-0.25, -0.2) is 0 Å². The third-order valence-corrected chi connectivity index (χ3v) is 4.86. The van der Waals surface area contributed by atoms with E-state index in [1.807, 2.05) is 6.07 Å². The van der Waals surface area contributed by atoms with Gasteiger partial charge in [0.1, 0.15) is 11.7 Å². The maximum atomic E-state index is 10.3. The van der Waals surface area contributed by atoms with Gasteiger partial charge in [-0.2, -0.15) is 0 Å². The van der Waals surface area contributed by atoms with Gasteiger partial charge in [0, 0.05) is 9.35 Å². The van der Waals surface area contributed by atoms with Crippen LogP contribution in [-0.2, 0) is 4.79 Å². The molecule has 0 saturated carbocycles. The highest BCUT2D eigenvalue weighted by molar-refractivity contribution is 9.13. The van der Waals surface area contributed by atoms with Crippen LogP contribution in [0.2, 0.25) is 0 Å². The van der Waals surface area contributed by atoms with Gasteiger partial charge in [-0.3, -0.25) is 0 Å². The fourth-order valence-corrected chi connectivity index (χ4v) is 2.79. The van der Waals surface area contributed by atoms with Crippen molar-refractivity contribution in [2.75, 3.05) is 0 Å². The lowest BCUT2D eigenvalue weighted by molar-refractivity contribution is -0.107. The number of hydrogen-bond acceptors (Lipinski definition) is 2. The second-order valence-corrected chi connectivity index (χ2v) is 5.53. The van der Waals surface area contributed by atoms with Crippen molar-refractivity contribution in [2.24, 2.45) is 0 Å². The van der Waals surface area contributed by atoms with E-state index >= 15 is 0 Å². The molecule has 0 radical (unpaired) electrons. The van der Waals surface area contributed by atoms with E-state index in [9.17, 15) is 4.79 Å². The van der Waals surface area contributed by atoms with Crippen molar-refractivity contribution in [2.45, 2.75) is 5.38 Å². The average molecular weight is 318 g/mol. The third-order valence-electron chi connectivity index (χ3n) is 1.06. The molecule has 0 aliphatic carbocycles. The summed E-state index contributed by atoms with van der Waals surface area (Å²) in [5.74, 6) is 0. The molecule has 1 atom stereocenters. The number of aldehydes is 1. The molecule has 0 bridgehead atoms. The summed E-state index contributed by atoms with van der Waals surface area (Å²) in [6.07, 6.45) is 0.715. The lowest BCUT2D eigenvalue weighted by atomic mass is 10.4. The van der Waals surface area contributed by atoms with Gasteiger partial charge in [0.05, 0.1) is 3.79 Å².